The van der Waals surface area contributed by atoms with E-state index in [-0.39, 0.29) is 0 Å². The van der Waals surface area contributed by atoms with E-state index in [4.69, 9.17) is 5.26 Å². The van der Waals surface area contributed by atoms with Gasteiger partial charge in [-0.05, 0) is 6.07 Å². The van der Waals surface area contributed by atoms with Gasteiger partial charge in [0.15, 0.2) is 0 Å². The van der Waals surface area contributed by atoms with Gasteiger partial charge in [-0.1, -0.05) is 18.2 Å². The Labute approximate surface area is 74.6 Å². The summed E-state index contributed by atoms with van der Waals surface area (Å²) in [6.07, 6.45) is 1.57. The number of ketones is 1. The average Bonchev–Trinajstić information content (AvgIpc) is 2.60. The molecule has 0 spiro atoms. The highest BCUT2D eigenvalue weighted by Crippen LogP contribution is 2.17. The van der Waals surface area contributed by atoms with Crippen LogP contribution in [0.15, 0.2) is 30.5 Å². The normalized spacial score (nSPS) is 9.77. The summed E-state index contributed by atoms with van der Waals surface area (Å²) in [5.41, 5.74) is 1.32. The molecule has 0 amide bonds. The highest BCUT2D eigenvalue weighted by atomic mass is 16.1. The first-order valence-corrected chi connectivity index (χ1v) is 3.83. The molecule has 3 heteroatoms. The first-order valence-electron chi connectivity index (χ1n) is 3.83. The first kappa shape index (κ1) is 7.56. The van der Waals surface area contributed by atoms with E-state index in [0.29, 0.717) is 5.56 Å². The van der Waals surface area contributed by atoms with Crippen LogP contribution in [-0.4, -0.2) is 10.8 Å². The molecule has 1 N–H and O–H groups in total. The SMILES string of the molecule is N#CC(=O)c1c[nH]c2ccccc12. The fourth-order valence-corrected chi connectivity index (χ4v) is 1.32. The van der Waals surface area contributed by atoms with Gasteiger partial charge >= 0.3 is 0 Å². The molecule has 2 rings (SSSR count). The van der Waals surface area contributed by atoms with Gasteiger partial charge in [0, 0.05) is 17.1 Å². The van der Waals surface area contributed by atoms with E-state index < -0.39 is 5.78 Å². The summed E-state index contributed by atoms with van der Waals surface area (Å²) in [6.45, 7) is 0. The van der Waals surface area contributed by atoms with Gasteiger partial charge < -0.3 is 4.98 Å². The van der Waals surface area contributed by atoms with Crippen molar-refractivity contribution in [1.82, 2.24) is 4.98 Å². The minimum absolute atomic E-state index is 0.443. The molecule has 0 radical (unpaired) electrons. The number of H-pyrrole nitrogens is 1. The molecule has 1 heterocycles. The lowest BCUT2D eigenvalue weighted by atomic mass is 10.1. The maximum atomic E-state index is 11.1. The monoisotopic (exact) mass is 170 g/mol. The number of carbonyl (C=O) groups is 1. The maximum absolute atomic E-state index is 11.1. The summed E-state index contributed by atoms with van der Waals surface area (Å²) in [5, 5.41) is 9.25. The molecule has 0 atom stereocenters. The maximum Gasteiger partial charge on any atom is 0.264 e. The molecule has 0 saturated heterocycles. The second kappa shape index (κ2) is 2.76. The largest absolute Gasteiger partial charge is 0.360 e. The van der Waals surface area contributed by atoms with Crippen LogP contribution in [0.5, 0.6) is 0 Å². The molecular formula is C10H6N2O. The van der Waals surface area contributed by atoms with E-state index in [0.717, 1.165) is 10.9 Å². The van der Waals surface area contributed by atoms with E-state index in [1.807, 2.05) is 24.3 Å². The molecule has 2 aromatic rings. The predicted octanol–water partition coefficient (Wildman–Crippen LogP) is 1.87. The Hall–Kier alpha value is -2.08. The number of para-hydroxylation sites is 1. The summed E-state index contributed by atoms with van der Waals surface area (Å²) in [6, 6.07) is 8.99. The van der Waals surface area contributed by atoms with Crippen LogP contribution in [0.3, 0.4) is 0 Å². The smallest absolute Gasteiger partial charge is 0.264 e. The molecule has 0 aliphatic heterocycles. The van der Waals surface area contributed by atoms with Gasteiger partial charge in [-0.3, -0.25) is 4.79 Å². The summed E-state index contributed by atoms with van der Waals surface area (Å²) >= 11 is 0. The van der Waals surface area contributed by atoms with Gasteiger partial charge in [0.25, 0.3) is 5.78 Å². The Bertz CT molecular complexity index is 505. The van der Waals surface area contributed by atoms with Crippen LogP contribution in [0.25, 0.3) is 10.9 Å². The van der Waals surface area contributed by atoms with Crippen molar-refractivity contribution in [1.29, 1.82) is 5.26 Å². The second-order valence-corrected chi connectivity index (χ2v) is 2.69. The minimum Gasteiger partial charge on any atom is -0.360 e. The standard InChI is InChI=1S/C10H6N2O/c11-5-10(13)8-6-12-9-4-2-1-3-7(8)9/h1-4,6,12H. The molecule has 62 valence electrons. The predicted molar refractivity (Wildman–Crippen MR) is 48.2 cm³/mol. The molecule has 0 bridgehead atoms. The number of aromatic amines is 1. The number of hydrogen-bond donors (Lipinski definition) is 1. The van der Waals surface area contributed by atoms with Gasteiger partial charge in [-0.2, -0.15) is 5.26 Å². The number of Topliss-reactive ketones (excluding diaryl/α,β-unsaturated/α-hetero) is 1. The van der Waals surface area contributed by atoms with E-state index in [9.17, 15) is 4.79 Å². The number of benzene rings is 1. The van der Waals surface area contributed by atoms with Crippen molar-refractivity contribution in [3.8, 4) is 6.07 Å². The number of nitrogens with one attached hydrogen (secondary N) is 1. The summed E-state index contributed by atoms with van der Waals surface area (Å²) in [5.74, 6) is -0.502. The minimum atomic E-state index is -0.502. The van der Waals surface area contributed by atoms with Crippen LogP contribution in [0.1, 0.15) is 10.4 Å². The fraction of sp³-hybridized carbons (Fsp3) is 0. The number of hydrogen-bond acceptors (Lipinski definition) is 2. The Balaban J connectivity index is 2.73. The van der Waals surface area contributed by atoms with Gasteiger partial charge in [0.1, 0.15) is 6.07 Å². The number of nitriles is 1. The van der Waals surface area contributed by atoms with E-state index in [1.54, 1.807) is 12.3 Å². The van der Waals surface area contributed by atoms with Crippen molar-refractivity contribution in [2.24, 2.45) is 0 Å². The fourth-order valence-electron chi connectivity index (χ4n) is 1.32. The Morgan fingerprint density at radius 1 is 1.38 bits per heavy atom. The molecule has 0 aliphatic carbocycles. The lowest BCUT2D eigenvalue weighted by Gasteiger charge is -1.88. The van der Waals surface area contributed by atoms with Crippen LogP contribution in [0, 0.1) is 11.3 Å². The van der Waals surface area contributed by atoms with E-state index >= 15 is 0 Å². The Kier molecular flexibility index (Phi) is 1.60. The summed E-state index contributed by atoms with van der Waals surface area (Å²) in [7, 11) is 0. The van der Waals surface area contributed by atoms with Crippen LogP contribution in [0.2, 0.25) is 0 Å². The lowest BCUT2D eigenvalue weighted by Crippen LogP contribution is -1.91. The number of rotatable bonds is 1. The lowest BCUT2D eigenvalue weighted by molar-refractivity contribution is 0.105. The molecule has 3 nitrogen and oxygen atoms in total. The van der Waals surface area contributed by atoms with Crippen LogP contribution in [0.4, 0.5) is 0 Å². The number of nitrogens with zero attached hydrogens (tertiary/aromatic N) is 1. The van der Waals surface area contributed by atoms with Crippen molar-refractivity contribution in [2.45, 2.75) is 0 Å². The molecular weight excluding hydrogens is 164 g/mol. The number of fused-ring (bicyclic) bond motifs is 1. The second-order valence-electron chi connectivity index (χ2n) is 2.69. The van der Waals surface area contributed by atoms with Gasteiger partial charge in [0.2, 0.25) is 0 Å². The molecule has 0 unspecified atom stereocenters. The summed E-state index contributed by atoms with van der Waals surface area (Å²) in [4.78, 5) is 14.0. The van der Waals surface area contributed by atoms with Crippen molar-refractivity contribution in [3.63, 3.8) is 0 Å². The zero-order valence-electron chi connectivity index (χ0n) is 6.74. The zero-order valence-corrected chi connectivity index (χ0v) is 6.74. The topological polar surface area (TPSA) is 56.6 Å². The third kappa shape index (κ3) is 1.09. The molecule has 13 heavy (non-hydrogen) atoms. The van der Waals surface area contributed by atoms with Crippen molar-refractivity contribution >= 4 is 16.7 Å². The highest BCUT2D eigenvalue weighted by molar-refractivity contribution is 6.15. The quantitative estimate of drug-likeness (QED) is 0.524. The highest BCUT2D eigenvalue weighted by Gasteiger charge is 2.09. The molecule has 0 fully saturated rings. The Morgan fingerprint density at radius 3 is 2.92 bits per heavy atom. The van der Waals surface area contributed by atoms with Gasteiger partial charge in [-0.15, -0.1) is 0 Å². The van der Waals surface area contributed by atoms with Crippen molar-refractivity contribution < 1.29 is 4.79 Å². The number of aromatic nitrogens is 1. The van der Waals surface area contributed by atoms with Crippen LogP contribution in [-0.2, 0) is 0 Å². The van der Waals surface area contributed by atoms with Crippen LogP contribution >= 0.6 is 0 Å². The van der Waals surface area contributed by atoms with Crippen LogP contribution < -0.4 is 0 Å². The van der Waals surface area contributed by atoms with Crippen molar-refractivity contribution in [3.05, 3.63) is 36.0 Å². The Morgan fingerprint density at radius 2 is 2.15 bits per heavy atom. The molecule has 1 aromatic carbocycles. The van der Waals surface area contributed by atoms with Gasteiger partial charge in [-0.25, -0.2) is 0 Å². The third-order valence-electron chi connectivity index (χ3n) is 1.94. The van der Waals surface area contributed by atoms with Crippen molar-refractivity contribution in [2.75, 3.05) is 0 Å². The number of carbonyl (C=O) groups excluding carboxylic acids is 1. The first-order chi connectivity index (χ1) is 6.33. The molecule has 0 aliphatic rings. The summed E-state index contributed by atoms with van der Waals surface area (Å²) < 4.78 is 0. The van der Waals surface area contributed by atoms with Gasteiger partial charge in [0.05, 0.1) is 5.56 Å². The third-order valence-corrected chi connectivity index (χ3v) is 1.94. The average molecular weight is 170 g/mol. The zero-order chi connectivity index (χ0) is 9.26. The van der Waals surface area contributed by atoms with E-state index in [2.05, 4.69) is 4.98 Å². The van der Waals surface area contributed by atoms with E-state index in [1.165, 1.54) is 0 Å². The molecule has 1 aromatic heterocycles. The molecule has 0 saturated carbocycles.